The van der Waals surface area contributed by atoms with Gasteiger partial charge in [0.1, 0.15) is 11.5 Å². The molecule has 0 unspecified atom stereocenters. The molecule has 7 heteroatoms. The molecule has 5 nitrogen and oxygen atoms in total. The average Bonchev–Trinajstić information content (AvgIpc) is 2.33. The van der Waals surface area contributed by atoms with Crippen LogP contribution >= 0.6 is 24.6 Å². The smallest absolute Gasteiger partial charge is 0.342 e. The Morgan fingerprint density at radius 3 is 2.37 bits per heavy atom. The molecule has 1 rings (SSSR count). The van der Waals surface area contributed by atoms with Crippen LogP contribution in [0.2, 0.25) is 0 Å². The summed E-state index contributed by atoms with van der Waals surface area (Å²) in [4.78, 5) is 17.6. The first-order chi connectivity index (χ1) is 8.50. The fourth-order valence-corrected chi connectivity index (χ4v) is 2.03. The number of rotatable bonds is 8. The molecule has 0 amide bonds. The maximum Gasteiger partial charge on any atom is 0.342 e. The number of ether oxygens (including phenoxy) is 1. The molecule has 0 aliphatic carbocycles. The predicted molar refractivity (Wildman–Crippen MR) is 80.7 cm³/mol. The van der Waals surface area contributed by atoms with E-state index in [1.807, 2.05) is 30.3 Å². The minimum absolute atomic E-state index is 0. The van der Waals surface area contributed by atoms with E-state index >= 15 is 0 Å². The molecule has 0 saturated heterocycles. The third kappa shape index (κ3) is 8.39. The van der Waals surface area contributed by atoms with Gasteiger partial charge in [-0.3, -0.25) is 4.57 Å². The van der Waals surface area contributed by atoms with Crippen molar-refractivity contribution in [2.24, 2.45) is 5.73 Å². The van der Waals surface area contributed by atoms with Gasteiger partial charge in [0.15, 0.2) is 0 Å². The van der Waals surface area contributed by atoms with Crippen LogP contribution in [0, 0.1) is 0 Å². The van der Waals surface area contributed by atoms with Crippen LogP contribution in [-0.2, 0) is 4.57 Å². The zero-order valence-electron chi connectivity index (χ0n) is 10.6. The number of benzene rings is 1. The normalized spacial score (nSPS) is 12.6. The van der Waals surface area contributed by atoms with Crippen molar-refractivity contribution in [3.8, 4) is 5.75 Å². The third-order valence-corrected chi connectivity index (χ3v) is 3.71. The van der Waals surface area contributed by atoms with Crippen molar-refractivity contribution < 1.29 is 19.1 Å². The van der Waals surface area contributed by atoms with Crippen molar-refractivity contribution in [3.63, 3.8) is 0 Å². The number of halogens is 1. The fraction of sp³-hybridized carbons (Fsp3) is 0.500. The van der Waals surface area contributed by atoms with E-state index in [0.29, 0.717) is 19.4 Å². The van der Waals surface area contributed by atoms with Gasteiger partial charge in [0, 0.05) is 0 Å². The Morgan fingerprint density at radius 2 is 1.79 bits per heavy atom. The summed E-state index contributed by atoms with van der Waals surface area (Å²) in [5, 5.41) is 0. The zero-order valence-corrected chi connectivity index (χ0v) is 13.3. The Kier molecular flexibility index (Phi) is 9.31. The Labute approximate surface area is 124 Å². The first-order valence-corrected chi connectivity index (χ1v) is 7.67. The quantitative estimate of drug-likeness (QED) is 0.493. The van der Waals surface area contributed by atoms with Crippen LogP contribution in [0.15, 0.2) is 30.3 Å². The molecule has 1 atom stereocenters. The summed E-state index contributed by atoms with van der Waals surface area (Å²) < 4.78 is 16.3. The second kappa shape index (κ2) is 9.50. The van der Waals surface area contributed by atoms with Crippen molar-refractivity contribution in [2.75, 3.05) is 6.61 Å². The molecule has 0 fully saturated rings. The van der Waals surface area contributed by atoms with Gasteiger partial charge in [-0.1, -0.05) is 24.6 Å². The molecule has 0 radical (unpaired) electrons. The summed E-state index contributed by atoms with van der Waals surface area (Å²) in [6, 6.07) is 9.53. The molecule has 110 valence electrons. The van der Waals surface area contributed by atoms with E-state index in [1.54, 1.807) is 0 Å². The summed E-state index contributed by atoms with van der Waals surface area (Å²) in [5.74, 6) is -0.197. The van der Waals surface area contributed by atoms with Crippen LogP contribution in [0.1, 0.15) is 25.7 Å². The number of unbranched alkanes of at least 4 members (excludes halogenated alkanes) is 2. The van der Waals surface area contributed by atoms with Crippen molar-refractivity contribution in [1.29, 1.82) is 0 Å². The van der Waals surface area contributed by atoms with E-state index in [-0.39, 0.29) is 17.0 Å². The lowest BCUT2D eigenvalue weighted by atomic mass is 10.2. The molecule has 4 N–H and O–H groups in total. The van der Waals surface area contributed by atoms with E-state index in [0.717, 1.165) is 18.6 Å². The zero-order chi connectivity index (χ0) is 13.4. The van der Waals surface area contributed by atoms with Gasteiger partial charge in [-0.05, 0) is 31.4 Å². The summed E-state index contributed by atoms with van der Waals surface area (Å²) in [6.45, 7) is 0.606. The standard InChI is InChI=1S/C12H20NO4P.BrH/c13-12(18(14,15)16)9-5-2-6-10-17-11-7-3-1-4-8-11;/h1,3-4,7-8,12H,2,5-6,9-10,13H2,(H2,14,15,16);1H/t12-;/m0./s1. The van der Waals surface area contributed by atoms with E-state index in [2.05, 4.69) is 0 Å². The Hall–Kier alpha value is -0.390. The maximum atomic E-state index is 10.8. The average molecular weight is 354 g/mol. The molecule has 1 aromatic carbocycles. The highest BCUT2D eigenvalue weighted by molar-refractivity contribution is 8.93. The largest absolute Gasteiger partial charge is 0.494 e. The second-order valence-electron chi connectivity index (χ2n) is 4.17. The van der Waals surface area contributed by atoms with Gasteiger partial charge in [-0.15, -0.1) is 17.0 Å². The molecule has 0 aliphatic heterocycles. The third-order valence-electron chi connectivity index (χ3n) is 2.59. The van der Waals surface area contributed by atoms with Crippen molar-refractivity contribution in [3.05, 3.63) is 30.3 Å². The van der Waals surface area contributed by atoms with Crippen LogP contribution in [0.4, 0.5) is 0 Å². The molecule has 0 spiro atoms. The summed E-state index contributed by atoms with van der Waals surface area (Å²) in [7, 11) is -4.11. The first kappa shape index (κ1) is 18.6. The van der Waals surface area contributed by atoms with E-state index in [9.17, 15) is 4.57 Å². The van der Waals surface area contributed by atoms with Crippen LogP contribution in [-0.4, -0.2) is 22.2 Å². The van der Waals surface area contributed by atoms with E-state index in [4.69, 9.17) is 20.3 Å². The molecule has 0 aromatic heterocycles. The van der Waals surface area contributed by atoms with Gasteiger partial charge >= 0.3 is 7.60 Å². The van der Waals surface area contributed by atoms with Crippen LogP contribution in [0.5, 0.6) is 5.75 Å². The Bertz CT molecular complexity index is 385. The first-order valence-electron chi connectivity index (χ1n) is 5.99. The highest BCUT2D eigenvalue weighted by Crippen LogP contribution is 2.40. The lowest BCUT2D eigenvalue weighted by Crippen LogP contribution is -2.19. The van der Waals surface area contributed by atoms with Gasteiger partial charge in [-0.2, -0.15) is 0 Å². The lowest BCUT2D eigenvalue weighted by Gasteiger charge is -2.12. The molecule has 0 saturated carbocycles. The molecule has 0 aliphatic rings. The SMILES string of the molecule is Br.N[C@H](CCCCCOc1ccccc1)P(=O)(O)O. The van der Waals surface area contributed by atoms with Gasteiger partial charge < -0.3 is 20.3 Å². The lowest BCUT2D eigenvalue weighted by molar-refractivity contribution is 0.303. The summed E-state index contributed by atoms with van der Waals surface area (Å²) >= 11 is 0. The highest BCUT2D eigenvalue weighted by atomic mass is 79.9. The van der Waals surface area contributed by atoms with Crippen LogP contribution in [0.25, 0.3) is 0 Å². The van der Waals surface area contributed by atoms with Gasteiger partial charge in [0.2, 0.25) is 0 Å². The Balaban J connectivity index is 0.00000324. The molecule has 0 heterocycles. The fourth-order valence-electron chi connectivity index (χ4n) is 1.51. The second-order valence-corrected chi connectivity index (χ2v) is 6.01. The number of nitrogens with two attached hydrogens (primary N) is 1. The van der Waals surface area contributed by atoms with E-state index < -0.39 is 13.4 Å². The number of para-hydroxylation sites is 1. The van der Waals surface area contributed by atoms with Gasteiger partial charge in [0.05, 0.1) is 6.61 Å². The number of hydrogen-bond acceptors (Lipinski definition) is 3. The molecule has 1 aromatic rings. The maximum absolute atomic E-state index is 10.8. The van der Waals surface area contributed by atoms with Crippen LogP contribution in [0.3, 0.4) is 0 Å². The van der Waals surface area contributed by atoms with Crippen molar-refractivity contribution >= 4 is 24.6 Å². The van der Waals surface area contributed by atoms with Crippen molar-refractivity contribution in [2.45, 2.75) is 31.5 Å². The highest BCUT2D eigenvalue weighted by Gasteiger charge is 2.23. The molecular weight excluding hydrogens is 333 g/mol. The van der Waals surface area contributed by atoms with Gasteiger partial charge in [-0.25, -0.2) is 0 Å². The summed E-state index contributed by atoms with van der Waals surface area (Å²) in [6.07, 6.45) is 2.74. The van der Waals surface area contributed by atoms with Crippen LogP contribution < -0.4 is 10.5 Å². The molecule has 0 bridgehead atoms. The van der Waals surface area contributed by atoms with Gasteiger partial charge in [0.25, 0.3) is 0 Å². The summed E-state index contributed by atoms with van der Waals surface area (Å²) in [5.41, 5.74) is 5.36. The predicted octanol–water partition coefficient (Wildman–Crippen LogP) is 2.67. The Morgan fingerprint density at radius 1 is 1.16 bits per heavy atom. The van der Waals surface area contributed by atoms with E-state index in [1.165, 1.54) is 0 Å². The molecule has 19 heavy (non-hydrogen) atoms. The topological polar surface area (TPSA) is 92.8 Å². The number of hydrogen-bond donors (Lipinski definition) is 3. The van der Waals surface area contributed by atoms with Crippen molar-refractivity contribution in [1.82, 2.24) is 0 Å². The molecular formula is C12H21BrNO4P. The minimum Gasteiger partial charge on any atom is -0.494 e. The minimum atomic E-state index is -4.11. The monoisotopic (exact) mass is 353 g/mol.